The van der Waals surface area contributed by atoms with E-state index in [-0.39, 0.29) is 5.91 Å². The lowest BCUT2D eigenvalue weighted by molar-refractivity contribution is -0.115. The summed E-state index contributed by atoms with van der Waals surface area (Å²) in [4.78, 5) is 28.2. The summed E-state index contributed by atoms with van der Waals surface area (Å²) in [6.07, 6.45) is 5.61. The number of anilines is 1. The number of carbonyl (C=O) groups is 2. The summed E-state index contributed by atoms with van der Waals surface area (Å²) in [6.45, 7) is 1.80. The van der Waals surface area contributed by atoms with Crippen LogP contribution < -0.4 is 11.1 Å². The van der Waals surface area contributed by atoms with Gasteiger partial charge in [0.1, 0.15) is 5.00 Å². The Morgan fingerprint density at radius 1 is 1.36 bits per heavy atom. The van der Waals surface area contributed by atoms with Gasteiger partial charge in [0.25, 0.3) is 5.91 Å². The first-order chi connectivity index (χ1) is 13.5. The molecule has 1 unspecified atom stereocenters. The van der Waals surface area contributed by atoms with Crippen molar-refractivity contribution in [1.82, 2.24) is 19.7 Å². The third-order valence-corrected chi connectivity index (χ3v) is 6.20. The van der Waals surface area contributed by atoms with E-state index in [0.29, 0.717) is 21.8 Å². The summed E-state index contributed by atoms with van der Waals surface area (Å²) in [7, 11) is 0. The Labute approximate surface area is 169 Å². The van der Waals surface area contributed by atoms with E-state index in [1.807, 2.05) is 12.1 Å². The van der Waals surface area contributed by atoms with Crippen molar-refractivity contribution in [3.05, 3.63) is 41.5 Å². The number of primary amides is 1. The number of pyridine rings is 1. The highest BCUT2D eigenvalue weighted by atomic mass is 32.2. The Morgan fingerprint density at radius 2 is 2.18 bits per heavy atom. The van der Waals surface area contributed by atoms with Crippen LogP contribution in [0.2, 0.25) is 0 Å². The fraction of sp³-hybridized carbons (Fsp3) is 0.278. The summed E-state index contributed by atoms with van der Waals surface area (Å²) in [5.41, 5.74) is 6.55. The molecule has 3 N–H and O–H groups in total. The van der Waals surface area contributed by atoms with Crippen LogP contribution >= 0.6 is 23.1 Å². The molecule has 1 aliphatic carbocycles. The van der Waals surface area contributed by atoms with E-state index >= 15 is 0 Å². The van der Waals surface area contributed by atoms with Gasteiger partial charge >= 0.3 is 0 Å². The molecule has 28 heavy (non-hydrogen) atoms. The van der Waals surface area contributed by atoms with E-state index in [1.165, 1.54) is 23.1 Å². The summed E-state index contributed by atoms with van der Waals surface area (Å²) in [6, 6.07) is 5.76. The molecule has 0 bridgehead atoms. The van der Waals surface area contributed by atoms with Crippen molar-refractivity contribution in [2.24, 2.45) is 5.73 Å². The van der Waals surface area contributed by atoms with Crippen molar-refractivity contribution in [3.8, 4) is 11.4 Å². The van der Waals surface area contributed by atoms with Crippen LogP contribution in [-0.2, 0) is 4.79 Å². The second-order valence-electron chi connectivity index (χ2n) is 6.43. The lowest BCUT2D eigenvalue weighted by atomic mass is 10.3. The molecule has 3 aromatic rings. The monoisotopic (exact) mass is 414 g/mol. The molecular weight excluding hydrogens is 396 g/mol. The van der Waals surface area contributed by atoms with Gasteiger partial charge in [0.2, 0.25) is 5.91 Å². The summed E-state index contributed by atoms with van der Waals surface area (Å²) < 4.78 is 2.09. The smallest absolute Gasteiger partial charge is 0.251 e. The molecule has 1 fully saturated rings. The van der Waals surface area contributed by atoms with Crippen LogP contribution in [0.15, 0.2) is 41.1 Å². The van der Waals surface area contributed by atoms with Crippen molar-refractivity contribution in [2.75, 3.05) is 5.32 Å². The maximum absolute atomic E-state index is 12.6. The van der Waals surface area contributed by atoms with Crippen LogP contribution in [0.25, 0.3) is 11.4 Å². The summed E-state index contributed by atoms with van der Waals surface area (Å²) in [5, 5.41) is 13.9. The average Bonchev–Trinajstić information content (AvgIpc) is 3.27. The minimum atomic E-state index is -0.563. The summed E-state index contributed by atoms with van der Waals surface area (Å²) >= 11 is 2.61. The van der Waals surface area contributed by atoms with Gasteiger partial charge in [-0.15, -0.1) is 21.5 Å². The number of nitrogens with zero attached hydrogens (tertiary/aromatic N) is 4. The van der Waals surface area contributed by atoms with Crippen LogP contribution in [-0.4, -0.2) is 36.8 Å². The summed E-state index contributed by atoms with van der Waals surface area (Å²) in [5.74, 6) is -0.0188. The number of aromatic nitrogens is 4. The number of amides is 2. The third-order valence-electron chi connectivity index (χ3n) is 4.32. The molecule has 0 aliphatic heterocycles. The van der Waals surface area contributed by atoms with Crippen molar-refractivity contribution < 1.29 is 9.59 Å². The standard InChI is InChI=1S/C18H18N6O2S2/c1-10(16(26)21-17-13(14(19)25)6-8-27-17)28-18-23-22-15(24(18)12-4-5-12)11-3-2-7-20-9-11/h2-3,6-10,12H,4-5H2,1H3,(H2,19,25)(H,21,26). The molecule has 0 aromatic carbocycles. The fourth-order valence-corrected chi connectivity index (χ4v) is 4.45. The van der Waals surface area contributed by atoms with Crippen LogP contribution in [0.3, 0.4) is 0 Å². The first-order valence-electron chi connectivity index (χ1n) is 8.74. The van der Waals surface area contributed by atoms with Gasteiger partial charge in [-0.2, -0.15) is 0 Å². The van der Waals surface area contributed by atoms with E-state index in [1.54, 1.807) is 30.8 Å². The molecule has 8 nitrogen and oxygen atoms in total. The van der Waals surface area contributed by atoms with E-state index in [0.717, 1.165) is 24.2 Å². The van der Waals surface area contributed by atoms with Gasteiger partial charge < -0.3 is 11.1 Å². The SMILES string of the molecule is CC(Sc1nnc(-c2cccnc2)n1C1CC1)C(=O)Nc1sccc1C(N)=O. The zero-order valence-electron chi connectivity index (χ0n) is 15.0. The Morgan fingerprint density at radius 3 is 2.86 bits per heavy atom. The second-order valence-corrected chi connectivity index (χ2v) is 8.65. The van der Waals surface area contributed by atoms with E-state index in [4.69, 9.17) is 5.73 Å². The van der Waals surface area contributed by atoms with Crippen molar-refractivity contribution in [1.29, 1.82) is 0 Å². The molecule has 4 rings (SSSR count). The maximum Gasteiger partial charge on any atom is 0.251 e. The molecule has 1 atom stereocenters. The maximum atomic E-state index is 12.6. The molecule has 2 amide bonds. The minimum absolute atomic E-state index is 0.219. The minimum Gasteiger partial charge on any atom is -0.366 e. The van der Waals surface area contributed by atoms with Gasteiger partial charge in [-0.25, -0.2) is 0 Å². The van der Waals surface area contributed by atoms with Gasteiger partial charge in [0, 0.05) is 24.0 Å². The first kappa shape index (κ1) is 18.6. The van der Waals surface area contributed by atoms with Crippen LogP contribution in [0.5, 0.6) is 0 Å². The lowest BCUT2D eigenvalue weighted by Crippen LogP contribution is -2.24. The first-order valence-corrected chi connectivity index (χ1v) is 10.5. The highest BCUT2D eigenvalue weighted by Crippen LogP contribution is 2.41. The molecule has 1 aliphatic rings. The number of hydrogen-bond donors (Lipinski definition) is 2. The number of hydrogen-bond acceptors (Lipinski definition) is 7. The van der Waals surface area contributed by atoms with E-state index in [2.05, 4.69) is 25.1 Å². The van der Waals surface area contributed by atoms with Gasteiger partial charge in [-0.1, -0.05) is 11.8 Å². The van der Waals surface area contributed by atoms with Crippen LogP contribution in [0.1, 0.15) is 36.2 Å². The number of carbonyl (C=O) groups excluding carboxylic acids is 2. The van der Waals surface area contributed by atoms with Gasteiger partial charge in [0.15, 0.2) is 11.0 Å². The van der Waals surface area contributed by atoms with E-state index < -0.39 is 11.2 Å². The highest BCUT2D eigenvalue weighted by molar-refractivity contribution is 8.00. The van der Waals surface area contributed by atoms with Crippen molar-refractivity contribution in [3.63, 3.8) is 0 Å². The predicted molar refractivity (Wildman–Crippen MR) is 108 cm³/mol. The molecule has 3 heterocycles. The van der Waals surface area contributed by atoms with Crippen LogP contribution in [0, 0.1) is 0 Å². The molecule has 144 valence electrons. The fourth-order valence-electron chi connectivity index (χ4n) is 2.74. The molecular formula is C18H18N6O2S2. The van der Waals surface area contributed by atoms with E-state index in [9.17, 15) is 9.59 Å². The van der Waals surface area contributed by atoms with Crippen molar-refractivity contribution in [2.45, 2.75) is 36.2 Å². The Kier molecular flexibility index (Phi) is 5.14. The third kappa shape index (κ3) is 3.78. The zero-order chi connectivity index (χ0) is 19.7. The predicted octanol–water partition coefficient (Wildman–Crippen LogP) is 2.95. The van der Waals surface area contributed by atoms with Gasteiger partial charge in [0.05, 0.1) is 10.8 Å². The molecule has 10 heteroatoms. The van der Waals surface area contributed by atoms with Crippen molar-refractivity contribution >= 4 is 39.9 Å². The number of nitrogens with two attached hydrogens (primary N) is 1. The quantitative estimate of drug-likeness (QED) is 0.574. The van der Waals surface area contributed by atoms with Gasteiger partial charge in [-0.3, -0.25) is 19.1 Å². The van der Waals surface area contributed by atoms with Gasteiger partial charge in [-0.05, 0) is 43.3 Å². The normalized spacial score (nSPS) is 14.6. The largest absolute Gasteiger partial charge is 0.366 e. The second kappa shape index (κ2) is 7.72. The number of nitrogens with one attached hydrogen (secondary N) is 1. The number of thiophene rings is 1. The Hall–Kier alpha value is -2.72. The molecule has 0 spiro atoms. The number of rotatable bonds is 7. The molecule has 1 saturated carbocycles. The lowest BCUT2D eigenvalue weighted by Gasteiger charge is -2.13. The van der Waals surface area contributed by atoms with Crippen LogP contribution in [0.4, 0.5) is 5.00 Å². The topological polar surface area (TPSA) is 116 Å². The highest BCUT2D eigenvalue weighted by Gasteiger charge is 2.31. The molecule has 0 saturated heterocycles. The zero-order valence-corrected chi connectivity index (χ0v) is 16.7. The number of thioether (sulfide) groups is 1. The Bertz CT molecular complexity index is 1010. The molecule has 3 aromatic heterocycles. The Balaban J connectivity index is 1.52. The molecule has 0 radical (unpaired) electrons. The average molecular weight is 415 g/mol.